The molecule has 1 N–H and O–H groups in total. The zero-order chi connectivity index (χ0) is 25.3. The fourth-order valence-electron chi connectivity index (χ4n) is 4.38. The monoisotopic (exact) mass is 498 g/mol. The maximum atomic E-state index is 13.7. The van der Waals surface area contributed by atoms with Crippen LogP contribution in [0, 0.1) is 5.92 Å². The summed E-state index contributed by atoms with van der Waals surface area (Å²) >= 11 is 1.69. The molecule has 9 nitrogen and oxygen atoms in total. The summed E-state index contributed by atoms with van der Waals surface area (Å²) in [4.78, 5) is 55.0. The third-order valence-electron chi connectivity index (χ3n) is 6.29. The molecule has 0 saturated carbocycles. The number of hydrogen-bond donors (Lipinski definition) is 1. The van der Waals surface area contributed by atoms with E-state index in [0.29, 0.717) is 30.9 Å². The highest BCUT2D eigenvalue weighted by atomic mass is 32.1. The van der Waals surface area contributed by atoms with E-state index in [1.807, 2.05) is 27.7 Å². The molecule has 1 aliphatic rings. The van der Waals surface area contributed by atoms with Crippen molar-refractivity contribution in [3.8, 4) is 0 Å². The number of nitrogens with one attached hydrogen (secondary N) is 1. The van der Waals surface area contributed by atoms with E-state index in [0.717, 1.165) is 36.8 Å². The van der Waals surface area contributed by atoms with Crippen LogP contribution in [-0.4, -0.2) is 61.4 Å². The third-order valence-corrected chi connectivity index (χ3v) is 7.33. The molecule has 0 bridgehead atoms. The minimum absolute atomic E-state index is 0.0378. The average Bonchev–Trinajstić information content (AvgIpc) is 3.28. The Balaban J connectivity index is 1.64. The second-order valence-corrected chi connectivity index (χ2v) is 10.8. The van der Waals surface area contributed by atoms with Gasteiger partial charge in [-0.15, -0.1) is 11.3 Å². The zero-order valence-corrected chi connectivity index (χ0v) is 21.9. The van der Waals surface area contributed by atoms with Gasteiger partial charge in [0.05, 0.1) is 21.7 Å². The van der Waals surface area contributed by atoms with Gasteiger partial charge in [0, 0.05) is 50.3 Å². The van der Waals surface area contributed by atoms with E-state index in [-0.39, 0.29) is 28.8 Å². The lowest BCUT2D eigenvalue weighted by Crippen LogP contribution is -2.48. The number of amides is 1. The summed E-state index contributed by atoms with van der Waals surface area (Å²) in [6, 6.07) is 1.72. The summed E-state index contributed by atoms with van der Waals surface area (Å²) in [5, 5.41) is 3.44. The molecule has 1 fully saturated rings. The molecule has 188 valence electrons. The van der Waals surface area contributed by atoms with E-state index in [4.69, 9.17) is 0 Å². The first-order chi connectivity index (χ1) is 16.7. The molecule has 4 heterocycles. The van der Waals surface area contributed by atoms with Crippen molar-refractivity contribution in [1.29, 1.82) is 0 Å². The Labute approximate surface area is 208 Å². The topological polar surface area (TPSA) is 104 Å². The second-order valence-electron chi connectivity index (χ2n) is 9.87. The number of aryl methyl sites for hydroxylation is 1. The Kier molecular flexibility index (Phi) is 7.51. The maximum Gasteiger partial charge on any atom is 0.330 e. The quantitative estimate of drug-likeness (QED) is 0.537. The van der Waals surface area contributed by atoms with Gasteiger partial charge in [0.1, 0.15) is 0 Å². The highest BCUT2D eigenvalue weighted by Gasteiger charge is 2.27. The van der Waals surface area contributed by atoms with Crippen molar-refractivity contribution in [3.05, 3.63) is 54.2 Å². The van der Waals surface area contributed by atoms with Crippen LogP contribution in [0.25, 0.3) is 11.0 Å². The van der Waals surface area contributed by atoms with Crippen LogP contribution in [-0.2, 0) is 19.5 Å². The number of H-pyrrole nitrogens is 1. The fourth-order valence-corrected chi connectivity index (χ4v) is 5.12. The molecule has 0 unspecified atom stereocenters. The summed E-state index contributed by atoms with van der Waals surface area (Å²) in [7, 11) is 0. The number of thiazole rings is 1. The molecule has 0 spiro atoms. The smallest absolute Gasteiger partial charge is 0.330 e. The van der Waals surface area contributed by atoms with Crippen molar-refractivity contribution in [2.45, 2.75) is 60.0 Å². The predicted molar refractivity (Wildman–Crippen MR) is 138 cm³/mol. The lowest BCUT2D eigenvalue weighted by Gasteiger charge is -2.34. The van der Waals surface area contributed by atoms with Crippen LogP contribution >= 0.6 is 11.3 Å². The van der Waals surface area contributed by atoms with Crippen LogP contribution < -0.4 is 11.2 Å². The molecule has 3 aromatic rings. The van der Waals surface area contributed by atoms with E-state index >= 15 is 0 Å². The number of aromatic amines is 1. The van der Waals surface area contributed by atoms with E-state index < -0.39 is 11.2 Å². The Morgan fingerprint density at radius 1 is 1.11 bits per heavy atom. The largest absolute Gasteiger partial charge is 0.336 e. The van der Waals surface area contributed by atoms with Crippen LogP contribution in [0.2, 0.25) is 0 Å². The number of piperazine rings is 1. The van der Waals surface area contributed by atoms with Gasteiger partial charge in [-0.25, -0.2) is 14.8 Å². The van der Waals surface area contributed by atoms with Crippen LogP contribution in [0.4, 0.5) is 0 Å². The molecule has 0 aromatic carbocycles. The summed E-state index contributed by atoms with van der Waals surface area (Å²) in [6.45, 7) is 13.8. The van der Waals surface area contributed by atoms with Crippen molar-refractivity contribution < 1.29 is 4.79 Å². The molecule has 3 aromatic heterocycles. The Hall–Kier alpha value is -2.85. The first-order valence-electron chi connectivity index (χ1n) is 12.3. The van der Waals surface area contributed by atoms with Gasteiger partial charge in [-0.3, -0.25) is 24.0 Å². The van der Waals surface area contributed by atoms with Gasteiger partial charge in [-0.2, -0.15) is 0 Å². The molecular weight excluding hydrogens is 464 g/mol. The van der Waals surface area contributed by atoms with E-state index in [1.54, 1.807) is 22.3 Å². The number of aromatic nitrogens is 4. The number of carbonyl (C=O) groups excluding carboxylic acids is 1. The number of rotatable bonds is 7. The highest BCUT2D eigenvalue weighted by Crippen LogP contribution is 2.22. The molecule has 1 saturated heterocycles. The molecule has 0 aliphatic carbocycles. The zero-order valence-electron chi connectivity index (χ0n) is 21.1. The van der Waals surface area contributed by atoms with Crippen LogP contribution in [0.3, 0.4) is 0 Å². The molecule has 0 atom stereocenters. The second kappa shape index (κ2) is 10.4. The number of carbonyl (C=O) groups is 1. The number of fused-ring (bicyclic) bond motifs is 1. The van der Waals surface area contributed by atoms with Crippen LogP contribution in [0.15, 0.2) is 21.0 Å². The molecule has 0 radical (unpaired) electrons. The lowest BCUT2D eigenvalue weighted by molar-refractivity contribution is 0.0629. The predicted octanol–water partition coefficient (Wildman–Crippen LogP) is 2.84. The summed E-state index contributed by atoms with van der Waals surface area (Å²) < 4.78 is 1.49. The first kappa shape index (κ1) is 25.2. The van der Waals surface area contributed by atoms with Crippen molar-refractivity contribution in [3.63, 3.8) is 0 Å². The van der Waals surface area contributed by atoms with Crippen molar-refractivity contribution in [1.82, 2.24) is 29.3 Å². The van der Waals surface area contributed by atoms with Gasteiger partial charge in [-0.1, -0.05) is 34.6 Å². The molecule has 4 rings (SSSR count). The lowest BCUT2D eigenvalue weighted by atomic mass is 10.0. The number of pyridine rings is 1. The Bertz CT molecular complexity index is 1330. The Morgan fingerprint density at radius 2 is 1.83 bits per heavy atom. The normalized spacial score (nSPS) is 15.0. The summed E-state index contributed by atoms with van der Waals surface area (Å²) in [6.07, 6.45) is 0.940. The number of nitrogens with zero attached hydrogens (tertiary/aromatic N) is 5. The molecule has 1 amide bonds. The summed E-state index contributed by atoms with van der Waals surface area (Å²) in [5.74, 6) is 0.0154. The standard InChI is InChI=1S/C25H34N6O3S/c1-6-20-26-17(14-35-20)13-29-7-9-30(10-8-29)24(33)18-11-19(16(4)5)27-22-21(18)23(32)28-25(34)31(22)12-15(2)3/h11,14-16H,6-10,12-13H2,1-5H3,(H,28,32,34). The molecular formula is C25H34N6O3S. The van der Waals surface area contributed by atoms with E-state index in [1.165, 1.54) is 4.57 Å². The minimum atomic E-state index is -0.565. The van der Waals surface area contributed by atoms with Gasteiger partial charge in [0.2, 0.25) is 0 Å². The third kappa shape index (κ3) is 5.38. The molecule has 1 aliphatic heterocycles. The highest BCUT2D eigenvalue weighted by molar-refractivity contribution is 7.09. The fraction of sp³-hybridized carbons (Fsp3) is 0.560. The van der Waals surface area contributed by atoms with E-state index in [2.05, 4.69) is 32.2 Å². The van der Waals surface area contributed by atoms with Gasteiger partial charge < -0.3 is 4.90 Å². The van der Waals surface area contributed by atoms with Crippen LogP contribution in [0.1, 0.15) is 67.3 Å². The maximum absolute atomic E-state index is 13.7. The van der Waals surface area contributed by atoms with Gasteiger partial charge in [0.15, 0.2) is 5.65 Å². The minimum Gasteiger partial charge on any atom is -0.336 e. The molecule has 10 heteroatoms. The summed E-state index contributed by atoms with van der Waals surface area (Å²) in [5.41, 5.74) is 1.31. The van der Waals surface area contributed by atoms with Crippen LogP contribution in [0.5, 0.6) is 0 Å². The number of hydrogen-bond acceptors (Lipinski definition) is 7. The van der Waals surface area contributed by atoms with Crippen molar-refractivity contribution in [2.75, 3.05) is 26.2 Å². The SMILES string of the molecule is CCc1nc(CN2CCN(C(=O)c3cc(C(C)C)nc4c3c(=O)[nH]c(=O)n4CC(C)C)CC2)cs1. The van der Waals surface area contributed by atoms with Crippen molar-refractivity contribution in [2.24, 2.45) is 5.92 Å². The first-order valence-corrected chi connectivity index (χ1v) is 13.2. The molecule has 35 heavy (non-hydrogen) atoms. The Morgan fingerprint density at radius 3 is 2.43 bits per heavy atom. The van der Waals surface area contributed by atoms with E-state index in [9.17, 15) is 14.4 Å². The van der Waals surface area contributed by atoms with Gasteiger partial charge in [0.25, 0.3) is 11.5 Å². The van der Waals surface area contributed by atoms with Crippen molar-refractivity contribution >= 4 is 28.3 Å². The van der Waals surface area contributed by atoms with Gasteiger partial charge in [-0.05, 0) is 24.3 Å². The van der Waals surface area contributed by atoms with Gasteiger partial charge >= 0.3 is 5.69 Å². The average molecular weight is 499 g/mol.